The highest BCUT2D eigenvalue weighted by molar-refractivity contribution is 6.83. The molecule has 0 fully saturated rings. The average Bonchev–Trinajstić information content (AvgIpc) is 1.58. The quantitative estimate of drug-likeness (QED) is 0.521. The standard InChI is InChI=1S/C10H23Si/c1-9(2,3)11(7,8)10(4,5)6/h1H2,2-8H3. The molecule has 0 saturated carbocycles. The fraction of sp³-hybridized carbons (Fsp3) is 0.900. The van der Waals surface area contributed by atoms with Crippen LogP contribution in [0.15, 0.2) is 0 Å². The Morgan fingerprint density at radius 3 is 1.18 bits per heavy atom. The lowest BCUT2D eigenvalue weighted by Gasteiger charge is -2.47. The van der Waals surface area contributed by atoms with Crippen LogP contribution in [0.2, 0.25) is 23.2 Å². The molecule has 0 spiro atoms. The summed E-state index contributed by atoms with van der Waals surface area (Å²) in [5.41, 5.74) is 0. The third-order valence-corrected chi connectivity index (χ3v) is 10.7. The lowest BCUT2D eigenvalue weighted by Crippen LogP contribution is -2.45. The lowest BCUT2D eigenvalue weighted by molar-refractivity contribution is 0.654. The smallest absolute Gasteiger partial charge is 0.0584 e. The van der Waals surface area contributed by atoms with Gasteiger partial charge in [0.25, 0.3) is 0 Å². The maximum Gasteiger partial charge on any atom is 0.0584 e. The predicted molar refractivity (Wildman–Crippen MR) is 56.6 cm³/mol. The van der Waals surface area contributed by atoms with Crippen molar-refractivity contribution in [1.82, 2.24) is 0 Å². The summed E-state index contributed by atoms with van der Waals surface area (Å²) >= 11 is 0. The molecule has 0 bridgehead atoms. The van der Waals surface area contributed by atoms with Crippen LogP contribution in [0.25, 0.3) is 0 Å². The molecule has 0 aliphatic heterocycles. The first-order valence-electron chi connectivity index (χ1n) is 4.35. The third-order valence-electron chi connectivity index (χ3n) is 3.57. The summed E-state index contributed by atoms with van der Waals surface area (Å²) in [7, 11) is -1.22. The predicted octanol–water partition coefficient (Wildman–Crippen LogP) is 4.11. The van der Waals surface area contributed by atoms with E-state index in [1.165, 1.54) is 0 Å². The Morgan fingerprint density at radius 1 is 0.909 bits per heavy atom. The molecule has 0 aromatic heterocycles. The van der Waals surface area contributed by atoms with E-state index < -0.39 is 8.07 Å². The van der Waals surface area contributed by atoms with Crippen LogP contribution in [0.1, 0.15) is 34.6 Å². The van der Waals surface area contributed by atoms with Gasteiger partial charge in [-0.05, 0) is 10.1 Å². The van der Waals surface area contributed by atoms with Crippen LogP contribution in [0.4, 0.5) is 0 Å². The van der Waals surface area contributed by atoms with Gasteiger partial charge in [-0.2, -0.15) is 0 Å². The fourth-order valence-corrected chi connectivity index (χ4v) is 3.05. The minimum absolute atomic E-state index is 0.269. The average molecular weight is 171 g/mol. The second-order valence-corrected chi connectivity index (χ2v) is 11.9. The van der Waals surface area contributed by atoms with E-state index in [-0.39, 0.29) is 5.04 Å². The Bertz CT molecular complexity index is 116. The van der Waals surface area contributed by atoms with E-state index in [4.69, 9.17) is 0 Å². The molecule has 0 rings (SSSR count). The van der Waals surface area contributed by atoms with Gasteiger partial charge >= 0.3 is 0 Å². The van der Waals surface area contributed by atoms with Crippen LogP contribution in [-0.4, -0.2) is 8.07 Å². The molecule has 0 amide bonds. The Balaban J connectivity index is 4.75. The largest absolute Gasteiger partial charge is 0.0686 e. The molecule has 0 atom stereocenters. The van der Waals surface area contributed by atoms with E-state index >= 15 is 0 Å². The highest BCUT2D eigenvalue weighted by atomic mass is 28.3. The second-order valence-electron chi connectivity index (χ2n) is 5.76. The highest BCUT2D eigenvalue weighted by Crippen LogP contribution is 2.50. The topological polar surface area (TPSA) is 0 Å². The van der Waals surface area contributed by atoms with Gasteiger partial charge in [0.15, 0.2) is 0 Å². The summed E-state index contributed by atoms with van der Waals surface area (Å²) in [6.45, 7) is 20.7. The lowest BCUT2D eigenvalue weighted by atomic mass is 10.2. The normalized spacial score (nSPS) is 15.3. The van der Waals surface area contributed by atoms with E-state index in [0.29, 0.717) is 5.04 Å². The molecule has 1 radical (unpaired) electrons. The molecule has 0 N–H and O–H groups in total. The van der Waals surface area contributed by atoms with Gasteiger partial charge in [-0.3, -0.25) is 0 Å². The van der Waals surface area contributed by atoms with Crippen molar-refractivity contribution in [3.63, 3.8) is 0 Å². The number of hydrogen-bond acceptors (Lipinski definition) is 0. The van der Waals surface area contributed by atoms with Crippen LogP contribution in [-0.2, 0) is 0 Å². The minimum Gasteiger partial charge on any atom is -0.0686 e. The first-order chi connectivity index (χ1) is 4.50. The Kier molecular flexibility index (Phi) is 2.67. The molecule has 0 aliphatic rings. The summed E-state index contributed by atoms with van der Waals surface area (Å²) in [5, 5.41) is 0.726. The van der Waals surface area contributed by atoms with Gasteiger partial charge in [-0.15, -0.1) is 0 Å². The van der Waals surface area contributed by atoms with Gasteiger partial charge in [-0.1, -0.05) is 54.6 Å². The molecule has 0 aromatic carbocycles. The van der Waals surface area contributed by atoms with Crippen molar-refractivity contribution in [3.05, 3.63) is 6.92 Å². The maximum atomic E-state index is 4.27. The van der Waals surface area contributed by atoms with Gasteiger partial charge < -0.3 is 0 Å². The van der Waals surface area contributed by atoms with Crippen molar-refractivity contribution in [2.24, 2.45) is 0 Å². The zero-order valence-corrected chi connectivity index (χ0v) is 10.2. The molecular formula is C10H23Si. The number of rotatable bonds is 1. The van der Waals surface area contributed by atoms with Crippen molar-refractivity contribution in [3.8, 4) is 0 Å². The summed E-state index contributed by atoms with van der Waals surface area (Å²) in [6.07, 6.45) is 0. The van der Waals surface area contributed by atoms with Gasteiger partial charge in [0.2, 0.25) is 0 Å². The van der Waals surface area contributed by atoms with E-state index in [1.54, 1.807) is 0 Å². The van der Waals surface area contributed by atoms with Crippen molar-refractivity contribution >= 4 is 8.07 Å². The van der Waals surface area contributed by atoms with Crippen molar-refractivity contribution in [2.75, 3.05) is 0 Å². The van der Waals surface area contributed by atoms with E-state index in [2.05, 4.69) is 54.6 Å². The Morgan fingerprint density at radius 2 is 1.18 bits per heavy atom. The van der Waals surface area contributed by atoms with Gasteiger partial charge in [-0.25, -0.2) is 0 Å². The zero-order chi connectivity index (χ0) is 9.50. The first kappa shape index (κ1) is 11.2. The maximum absolute atomic E-state index is 4.27. The van der Waals surface area contributed by atoms with E-state index in [0.717, 1.165) is 0 Å². The third kappa shape index (κ3) is 2.08. The molecular weight excluding hydrogens is 148 g/mol. The molecule has 11 heavy (non-hydrogen) atoms. The Labute approximate surface area is 73.4 Å². The van der Waals surface area contributed by atoms with Gasteiger partial charge in [0, 0.05) is 0 Å². The van der Waals surface area contributed by atoms with Crippen LogP contribution in [0, 0.1) is 6.92 Å². The summed E-state index contributed by atoms with van der Waals surface area (Å²) < 4.78 is 0. The zero-order valence-electron chi connectivity index (χ0n) is 9.21. The van der Waals surface area contributed by atoms with Crippen molar-refractivity contribution in [2.45, 2.75) is 57.8 Å². The summed E-state index contributed by atoms with van der Waals surface area (Å²) in [4.78, 5) is 0. The summed E-state index contributed by atoms with van der Waals surface area (Å²) in [6, 6.07) is 0. The molecule has 0 aromatic rings. The highest BCUT2D eigenvalue weighted by Gasteiger charge is 2.44. The fourth-order valence-electron chi connectivity index (χ4n) is 1.02. The molecule has 67 valence electrons. The molecule has 0 nitrogen and oxygen atoms in total. The number of hydrogen-bond donors (Lipinski definition) is 0. The van der Waals surface area contributed by atoms with Gasteiger partial charge in [0.05, 0.1) is 8.07 Å². The summed E-state index contributed by atoms with van der Waals surface area (Å²) in [5.74, 6) is 0. The molecule has 0 heterocycles. The SMILES string of the molecule is [CH2]C(C)(C)[Si](C)(C)C(C)(C)C. The van der Waals surface area contributed by atoms with Crippen LogP contribution >= 0.6 is 0 Å². The second kappa shape index (κ2) is 2.62. The molecule has 0 saturated heterocycles. The van der Waals surface area contributed by atoms with Crippen LogP contribution in [0.5, 0.6) is 0 Å². The monoisotopic (exact) mass is 171 g/mol. The van der Waals surface area contributed by atoms with Crippen LogP contribution < -0.4 is 0 Å². The van der Waals surface area contributed by atoms with Crippen molar-refractivity contribution in [1.29, 1.82) is 0 Å². The molecule has 0 aliphatic carbocycles. The first-order valence-corrected chi connectivity index (χ1v) is 7.35. The molecule has 1 heteroatoms. The molecule has 0 unspecified atom stereocenters. The van der Waals surface area contributed by atoms with Gasteiger partial charge in [0.1, 0.15) is 0 Å². The van der Waals surface area contributed by atoms with E-state index in [9.17, 15) is 0 Å². The van der Waals surface area contributed by atoms with Crippen molar-refractivity contribution < 1.29 is 0 Å². The van der Waals surface area contributed by atoms with E-state index in [1.807, 2.05) is 0 Å². The minimum atomic E-state index is -1.22. The Hall–Kier alpha value is 0.217. The van der Waals surface area contributed by atoms with Crippen LogP contribution in [0.3, 0.4) is 0 Å².